The second-order valence-electron chi connectivity index (χ2n) is 10.2. The molecule has 0 aliphatic carbocycles. The Labute approximate surface area is 235 Å². The first kappa shape index (κ1) is 27.4. The van der Waals surface area contributed by atoms with Gasteiger partial charge in [-0.25, -0.2) is 0 Å². The van der Waals surface area contributed by atoms with Crippen LogP contribution >= 0.6 is 0 Å². The highest BCUT2D eigenvalue weighted by molar-refractivity contribution is 6.24. The van der Waals surface area contributed by atoms with Crippen LogP contribution in [0.15, 0.2) is 71.7 Å². The largest absolute Gasteiger partial charge is 0.493 e. The van der Waals surface area contributed by atoms with Gasteiger partial charge in [0.2, 0.25) is 11.8 Å². The number of likely N-dealkylation sites (tertiary alicyclic amines) is 1. The van der Waals surface area contributed by atoms with Gasteiger partial charge in [0, 0.05) is 37.5 Å². The Bertz CT molecular complexity index is 1380. The Morgan fingerprint density at radius 1 is 0.975 bits per heavy atom. The van der Waals surface area contributed by atoms with Gasteiger partial charge < -0.3 is 24.6 Å². The van der Waals surface area contributed by atoms with Crippen LogP contribution in [-0.4, -0.2) is 62.8 Å². The monoisotopic (exact) mass is 540 g/mol. The van der Waals surface area contributed by atoms with E-state index in [0.717, 1.165) is 36.4 Å². The fourth-order valence-electron chi connectivity index (χ4n) is 5.50. The zero-order valence-electron chi connectivity index (χ0n) is 23.4. The quantitative estimate of drug-likeness (QED) is 0.368. The van der Waals surface area contributed by atoms with Gasteiger partial charge in [-0.15, -0.1) is 0 Å². The molecule has 3 aromatic rings. The highest BCUT2D eigenvalue weighted by atomic mass is 16.5. The molecule has 8 nitrogen and oxygen atoms in total. The first-order valence-electron chi connectivity index (χ1n) is 13.8. The van der Waals surface area contributed by atoms with Crippen molar-refractivity contribution in [3.8, 4) is 11.5 Å². The second kappa shape index (κ2) is 12.3. The van der Waals surface area contributed by atoms with Crippen molar-refractivity contribution in [2.75, 3.05) is 50.6 Å². The third-order valence-corrected chi connectivity index (χ3v) is 7.61. The number of carbonyl (C=O) groups is 2. The molecule has 2 aliphatic heterocycles. The Kier molecular flexibility index (Phi) is 8.45. The average Bonchev–Trinajstić information content (AvgIpc) is 3.30. The number of methoxy groups -OCH3 is 2. The van der Waals surface area contributed by atoms with Crippen LogP contribution in [0.5, 0.6) is 11.5 Å². The van der Waals surface area contributed by atoms with E-state index >= 15 is 0 Å². The van der Waals surface area contributed by atoms with Crippen LogP contribution in [-0.2, 0) is 9.59 Å². The number of hydrogen-bond acceptors (Lipinski definition) is 6. The predicted octanol–water partition coefficient (Wildman–Crippen LogP) is 5.40. The van der Waals surface area contributed by atoms with E-state index in [1.165, 1.54) is 19.3 Å². The van der Waals surface area contributed by atoms with Crippen LogP contribution in [0.25, 0.3) is 0 Å². The van der Waals surface area contributed by atoms with E-state index in [1.54, 1.807) is 27.2 Å². The van der Waals surface area contributed by atoms with Crippen molar-refractivity contribution in [3.05, 3.63) is 77.9 Å². The maximum absolute atomic E-state index is 13.3. The number of rotatable bonds is 9. The van der Waals surface area contributed by atoms with Crippen LogP contribution in [0.2, 0.25) is 0 Å². The third-order valence-electron chi connectivity index (χ3n) is 7.61. The van der Waals surface area contributed by atoms with Gasteiger partial charge in [-0.05, 0) is 67.4 Å². The molecule has 1 saturated heterocycles. The number of benzene rings is 3. The van der Waals surface area contributed by atoms with Crippen molar-refractivity contribution >= 4 is 34.6 Å². The fraction of sp³-hybridized carbons (Fsp3) is 0.344. The third kappa shape index (κ3) is 5.87. The van der Waals surface area contributed by atoms with Crippen molar-refractivity contribution in [1.82, 2.24) is 4.90 Å². The van der Waals surface area contributed by atoms with Gasteiger partial charge in [-0.1, -0.05) is 36.8 Å². The SMILES string of the molecule is COc1cc2c(cc1OC)C(C(=Nc1ccc(N(CCN3CCCCC3)C(C)=O)cc1)c1ccccc1)C(=O)N2. The van der Waals surface area contributed by atoms with Crippen LogP contribution in [0.3, 0.4) is 0 Å². The number of carbonyl (C=O) groups excluding carboxylic acids is 2. The number of amides is 2. The van der Waals surface area contributed by atoms with Crippen molar-refractivity contribution in [1.29, 1.82) is 0 Å². The highest BCUT2D eigenvalue weighted by Gasteiger charge is 2.36. The van der Waals surface area contributed by atoms with Crippen LogP contribution < -0.4 is 19.7 Å². The lowest BCUT2D eigenvalue weighted by molar-refractivity contribution is -0.117. The van der Waals surface area contributed by atoms with Crippen molar-refractivity contribution in [2.45, 2.75) is 32.1 Å². The normalized spacial score (nSPS) is 17.2. The van der Waals surface area contributed by atoms with E-state index in [1.807, 2.05) is 65.6 Å². The smallest absolute Gasteiger partial charge is 0.238 e. The van der Waals surface area contributed by atoms with Crippen molar-refractivity contribution < 1.29 is 19.1 Å². The number of nitrogens with one attached hydrogen (secondary N) is 1. The molecule has 8 heteroatoms. The van der Waals surface area contributed by atoms with E-state index in [4.69, 9.17) is 14.5 Å². The molecule has 3 aromatic carbocycles. The minimum Gasteiger partial charge on any atom is -0.493 e. The van der Waals surface area contributed by atoms with Gasteiger partial charge in [-0.3, -0.25) is 14.6 Å². The predicted molar refractivity (Wildman–Crippen MR) is 158 cm³/mol. The summed E-state index contributed by atoms with van der Waals surface area (Å²) in [6, 6.07) is 21.0. The van der Waals surface area contributed by atoms with E-state index in [9.17, 15) is 9.59 Å². The number of fused-ring (bicyclic) bond motifs is 1. The van der Waals surface area contributed by atoms with Crippen LogP contribution in [0.4, 0.5) is 17.1 Å². The molecule has 1 atom stereocenters. The number of nitrogens with zero attached hydrogens (tertiary/aromatic N) is 3. The van der Waals surface area contributed by atoms with E-state index in [-0.39, 0.29) is 11.8 Å². The summed E-state index contributed by atoms with van der Waals surface area (Å²) in [4.78, 5) is 35.1. The summed E-state index contributed by atoms with van der Waals surface area (Å²) in [5, 5.41) is 2.98. The summed E-state index contributed by atoms with van der Waals surface area (Å²) >= 11 is 0. The Hall–Kier alpha value is -4.17. The molecule has 1 N–H and O–H groups in total. The first-order chi connectivity index (χ1) is 19.5. The minimum atomic E-state index is -0.629. The Morgan fingerprint density at radius 3 is 2.30 bits per heavy atom. The molecule has 1 fully saturated rings. The molecule has 2 amide bonds. The minimum absolute atomic E-state index is 0.0156. The maximum Gasteiger partial charge on any atom is 0.238 e. The molecule has 1 unspecified atom stereocenters. The lowest BCUT2D eigenvalue weighted by Crippen LogP contribution is -2.39. The molecule has 0 saturated carbocycles. The van der Waals surface area contributed by atoms with Gasteiger partial charge in [0.1, 0.15) is 5.92 Å². The van der Waals surface area contributed by atoms with Gasteiger partial charge in [0.25, 0.3) is 0 Å². The molecule has 0 radical (unpaired) electrons. The topological polar surface area (TPSA) is 83.5 Å². The standard InChI is InChI=1S/C32H36N4O4/c1-22(37)36(19-18-35-16-8-5-9-17-35)25-14-12-24(13-15-25)33-31(23-10-6-4-7-11-23)30-26-20-28(39-2)29(40-3)21-27(26)34-32(30)38/h4,6-7,10-15,20-21,30H,5,8-9,16-19H2,1-3H3,(H,34,38). The summed E-state index contributed by atoms with van der Waals surface area (Å²) in [6.07, 6.45) is 3.73. The number of piperidine rings is 1. The summed E-state index contributed by atoms with van der Waals surface area (Å²) in [5.74, 6) is 0.321. The average molecular weight is 541 g/mol. The molecule has 2 heterocycles. The Balaban J connectivity index is 1.46. The molecule has 2 aliphatic rings. The summed E-state index contributed by atoms with van der Waals surface area (Å²) < 4.78 is 11.0. The van der Waals surface area contributed by atoms with E-state index in [0.29, 0.717) is 35.1 Å². The molecule has 0 spiro atoms. The zero-order chi connectivity index (χ0) is 28.1. The van der Waals surface area contributed by atoms with Gasteiger partial charge in [-0.2, -0.15) is 0 Å². The molecular weight excluding hydrogens is 504 g/mol. The van der Waals surface area contributed by atoms with Crippen LogP contribution in [0, 0.1) is 0 Å². The summed E-state index contributed by atoms with van der Waals surface area (Å²) in [5.41, 5.74) is 4.47. The van der Waals surface area contributed by atoms with Crippen LogP contribution in [0.1, 0.15) is 43.2 Å². The molecule has 0 bridgehead atoms. The Morgan fingerprint density at radius 2 is 1.65 bits per heavy atom. The molecule has 0 aromatic heterocycles. The number of ether oxygens (including phenoxy) is 2. The summed E-state index contributed by atoms with van der Waals surface area (Å²) in [7, 11) is 3.15. The number of anilines is 2. The molecular formula is C32H36N4O4. The molecule has 40 heavy (non-hydrogen) atoms. The summed E-state index contributed by atoms with van der Waals surface area (Å²) in [6.45, 7) is 5.31. The lowest BCUT2D eigenvalue weighted by Gasteiger charge is -2.29. The maximum atomic E-state index is 13.3. The van der Waals surface area contributed by atoms with Gasteiger partial charge in [0.15, 0.2) is 11.5 Å². The zero-order valence-corrected chi connectivity index (χ0v) is 23.4. The number of aliphatic imine (C=N–C) groups is 1. The first-order valence-corrected chi connectivity index (χ1v) is 13.8. The highest BCUT2D eigenvalue weighted by Crippen LogP contribution is 2.42. The lowest BCUT2D eigenvalue weighted by atomic mass is 9.90. The van der Waals surface area contributed by atoms with E-state index in [2.05, 4.69) is 10.2 Å². The molecule has 5 rings (SSSR count). The van der Waals surface area contributed by atoms with Gasteiger partial charge >= 0.3 is 0 Å². The van der Waals surface area contributed by atoms with E-state index < -0.39 is 5.92 Å². The van der Waals surface area contributed by atoms with Gasteiger partial charge in [0.05, 0.1) is 25.6 Å². The number of hydrogen-bond donors (Lipinski definition) is 1. The van der Waals surface area contributed by atoms with Crippen molar-refractivity contribution in [2.24, 2.45) is 4.99 Å². The second-order valence-corrected chi connectivity index (χ2v) is 10.2. The fourth-order valence-corrected chi connectivity index (χ4v) is 5.50. The van der Waals surface area contributed by atoms with Crippen molar-refractivity contribution in [3.63, 3.8) is 0 Å². The molecule has 208 valence electrons.